The molecule has 7 heteroatoms. The maximum absolute atomic E-state index is 13.3. The largest absolute Gasteiger partial charge is 0.277 e. The quantitative estimate of drug-likeness (QED) is 0.777. The van der Waals surface area contributed by atoms with Crippen molar-refractivity contribution in [1.29, 1.82) is 5.26 Å². The first-order chi connectivity index (χ1) is 10.5. The van der Waals surface area contributed by atoms with E-state index in [4.69, 9.17) is 28.5 Å². The van der Waals surface area contributed by atoms with Gasteiger partial charge in [0.1, 0.15) is 23.6 Å². The lowest BCUT2D eigenvalue weighted by Crippen LogP contribution is -2.28. The zero-order valence-electron chi connectivity index (χ0n) is 11.0. The van der Waals surface area contributed by atoms with Gasteiger partial charge in [0.25, 0.3) is 0 Å². The number of nitriles is 1. The van der Waals surface area contributed by atoms with Crippen LogP contribution in [0.3, 0.4) is 0 Å². The van der Waals surface area contributed by atoms with Gasteiger partial charge in [-0.25, -0.2) is 8.78 Å². The molecule has 112 valence electrons. The Balaban J connectivity index is 2.67. The first-order valence-corrected chi connectivity index (χ1v) is 6.92. The van der Waals surface area contributed by atoms with Crippen LogP contribution in [0.25, 0.3) is 0 Å². The molecule has 0 saturated carbocycles. The minimum atomic E-state index is -0.622. The summed E-state index contributed by atoms with van der Waals surface area (Å²) in [7, 11) is 0. The van der Waals surface area contributed by atoms with E-state index in [1.54, 1.807) is 6.07 Å². The van der Waals surface area contributed by atoms with Crippen LogP contribution in [0.4, 0.5) is 20.2 Å². The van der Waals surface area contributed by atoms with Crippen molar-refractivity contribution in [3.8, 4) is 6.07 Å². The van der Waals surface area contributed by atoms with Gasteiger partial charge in [-0.1, -0.05) is 11.6 Å². The van der Waals surface area contributed by atoms with E-state index >= 15 is 0 Å². The number of amides is 1. The zero-order chi connectivity index (χ0) is 16.3. The molecule has 0 fully saturated rings. The number of nitrogens with zero attached hydrogens (tertiary/aromatic N) is 2. The molecule has 0 aliphatic heterocycles. The molecule has 0 N–H and O–H groups in total. The highest BCUT2D eigenvalue weighted by molar-refractivity contribution is 6.35. The summed E-state index contributed by atoms with van der Waals surface area (Å²) in [5, 5.41) is 9.09. The average molecular weight is 341 g/mol. The molecule has 0 unspecified atom stereocenters. The van der Waals surface area contributed by atoms with E-state index in [0.29, 0.717) is 0 Å². The Morgan fingerprint density at radius 1 is 1.14 bits per heavy atom. The molecule has 22 heavy (non-hydrogen) atoms. The number of halogens is 4. The molecule has 2 rings (SSSR count). The lowest BCUT2D eigenvalue weighted by atomic mass is 10.1. The van der Waals surface area contributed by atoms with E-state index in [0.717, 1.165) is 29.2 Å². The summed E-state index contributed by atoms with van der Waals surface area (Å²) in [5.41, 5.74) is 0.193. The van der Waals surface area contributed by atoms with Crippen molar-refractivity contribution in [2.45, 2.75) is 0 Å². The van der Waals surface area contributed by atoms with E-state index in [2.05, 4.69) is 0 Å². The summed E-state index contributed by atoms with van der Waals surface area (Å²) in [6, 6.07) is 8.58. The van der Waals surface area contributed by atoms with Gasteiger partial charge < -0.3 is 0 Å². The topological polar surface area (TPSA) is 44.1 Å². The van der Waals surface area contributed by atoms with Gasteiger partial charge in [0, 0.05) is 0 Å². The minimum Gasteiger partial charge on any atom is -0.277 e. The molecule has 0 bridgehead atoms. The molecule has 2 aromatic rings. The van der Waals surface area contributed by atoms with Crippen LogP contribution in [0, 0.1) is 23.0 Å². The molecule has 0 aliphatic carbocycles. The fraction of sp³-hybridized carbons (Fsp3) is 0.0667. The molecule has 0 saturated heterocycles. The molecule has 0 radical (unpaired) electrons. The molecule has 1 amide bonds. The number of benzene rings is 2. The molecule has 0 spiro atoms. The number of hydrogen-bond donors (Lipinski definition) is 0. The number of hydrogen-bond acceptors (Lipinski definition) is 2. The van der Waals surface area contributed by atoms with Crippen molar-refractivity contribution >= 4 is 40.5 Å². The number of rotatable bonds is 3. The monoisotopic (exact) mass is 340 g/mol. The number of alkyl halides is 1. The Hall–Kier alpha value is -2.16. The highest BCUT2D eigenvalue weighted by atomic mass is 35.5. The molecular weight excluding hydrogens is 333 g/mol. The van der Waals surface area contributed by atoms with Crippen LogP contribution in [0.15, 0.2) is 36.4 Å². The summed E-state index contributed by atoms with van der Waals surface area (Å²) >= 11 is 11.6. The van der Waals surface area contributed by atoms with Crippen LogP contribution in [-0.4, -0.2) is 11.8 Å². The first-order valence-electron chi connectivity index (χ1n) is 6.01. The van der Waals surface area contributed by atoms with Gasteiger partial charge in [-0.05, 0) is 36.4 Å². The third kappa shape index (κ3) is 3.19. The zero-order valence-corrected chi connectivity index (χ0v) is 12.5. The number of anilines is 2. The van der Waals surface area contributed by atoms with Gasteiger partial charge in [0.2, 0.25) is 5.91 Å². The second kappa shape index (κ2) is 6.73. The summed E-state index contributed by atoms with van der Waals surface area (Å²) in [5.74, 6) is -2.18. The second-order valence-electron chi connectivity index (χ2n) is 4.23. The summed E-state index contributed by atoms with van der Waals surface area (Å²) in [6.07, 6.45) is 0. The molecule has 0 aliphatic rings. The molecule has 0 heterocycles. The third-order valence-corrected chi connectivity index (χ3v) is 3.37. The average Bonchev–Trinajstić information content (AvgIpc) is 2.50. The van der Waals surface area contributed by atoms with Gasteiger partial charge in [-0.15, -0.1) is 11.6 Å². The number of carbonyl (C=O) groups excluding carboxylic acids is 1. The van der Waals surface area contributed by atoms with E-state index < -0.39 is 23.4 Å². The molecule has 0 aromatic heterocycles. The maximum atomic E-state index is 13.3. The van der Waals surface area contributed by atoms with Crippen molar-refractivity contribution in [3.05, 3.63) is 58.6 Å². The minimum absolute atomic E-state index is 0.0355. The van der Waals surface area contributed by atoms with Crippen LogP contribution >= 0.6 is 23.2 Å². The summed E-state index contributed by atoms with van der Waals surface area (Å²) in [4.78, 5) is 13.2. The lowest BCUT2D eigenvalue weighted by molar-refractivity contribution is -0.115. The van der Waals surface area contributed by atoms with Crippen molar-refractivity contribution in [1.82, 2.24) is 0 Å². The number of carbonyl (C=O) groups is 1. The predicted molar refractivity (Wildman–Crippen MR) is 80.4 cm³/mol. The Morgan fingerprint density at radius 2 is 1.73 bits per heavy atom. The molecule has 2 aromatic carbocycles. The van der Waals surface area contributed by atoms with Crippen LogP contribution in [0.2, 0.25) is 5.02 Å². The second-order valence-corrected chi connectivity index (χ2v) is 4.91. The van der Waals surface area contributed by atoms with Crippen molar-refractivity contribution in [3.63, 3.8) is 0 Å². The van der Waals surface area contributed by atoms with Crippen LogP contribution in [0.5, 0.6) is 0 Å². The SMILES string of the molecule is N#Cc1cc(F)ccc1N(C(=O)CCl)c1ccc(F)cc1Cl. The normalized spacial score (nSPS) is 10.1. The standard InChI is InChI=1S/C15H8Cl2F2N2O/c16-7-15(22)21(14-4-2-11(19)6-12(14)17)13-3-1-10(18)5-9(13)8-20/h1-6H,7H2. The van der Waals surface area contributed by atoms with E-state index in [-0.39, 0.29) is 22.0 Å². The Bertz CT molecular complexity index is 775. The Labute approximate surface area is 135 Å². The van der Waals surface area contributed by atoms with E-state index in [1.807, 2.05) is 0 Å². The van der Waals surface area contributed by atoms with Crippen LogP contribution < -0.4 is 4.90 Å². The fourth-order valence-corrected chi connectivity index (χ4v) is 2.28. The van der Waals surface area contributed by atoms with Crippen molar-refractivity contribution < 1.29 is 13.6 Å². The smallest absolute Gasteiger partial charge is 0.246 e. The predicted octanol–water partition coefficient (Wildman–Crippen LogP) is 4.39. The van der Waals surface area contributed by atoms with Crippen molar-refractivity contribution in [2.75, 3.05) is 10.8 Å². The van der Waals surface area contributed by atoms with Gasteiger partial charge in [-0.2, -0.15) is 5.26 Å². The van der Waals surface area contributed by atoms with E-state index in [1.165, 1.54) is 12.1 Å². The van der Waals surface area contributed by atoms with Gasteiger partial charge in [0.05, 0.1) is 22.0 Å². The molecular formula is C15H8Cl2F2N2O. The highest BCUT2D eigenvalue weighted by Crippen LogP contribution is 2.34. The van der Waals surface area contributed by atoms with Gasteiger partial charge in [-0.3, -0.25) is 9.69 Å². The van der Waals surface area contributed by atoms with E-state index in [9.17, 15) is 13.6 Å². The van der Waals surface area contributed by atoms with Gasteiger partial charge in [0.15, 0.2) is 0 Å². The fourth-order valence-electron chi connectivity index (χ4n) is 1.91. The Kier molecular flexibility index (Phi) is 4.96. The van der Waals surface area contributed by atoms with Crippen LogP contribution in [-0.2, 0) is 4.79 Å². The molecule has 0 atom stereocenters. The summed E-state index contributed by atoms with van der Waals surface area (Å²) < 4.78 is 26.4. The maximum Gasteiger partial charge on any atom is 0.246 e. The van der Waals surface area contributed by atoms with Gasteiger partial charge >= 0.3 is 0 Å². The third-order valence-electron chi connectivity index (χ3n) is 2.83. The lowest BCUT2D eigenvalue weighted by Gasteiger charge is -2.24. The first kappa shape index (κ1) is 16.2. The van der Waals surface area contributed by atoms with Crippen LogP contribution in [0.1, 0.15) is 5.56 Å². The van der Waals surface area contributed by atoms with Crippen molar-refractivity contribution in [2.24, 2.45) is 0 Å². The highest BCUT2D eigenvalue weighted by Gasteiger charge is 2.23. The Morgan fingerprint density at radius 3 is 2.27 bits per heavy atom. The molecule has 3 nitrogen and oxygen atoms in total. The summed E-state index contributed by atoms with van der Waals surface area (Å²) in [6.45, 7) is 0.